The van der Waals surface area contributed by atoms with Gasteiger partial charge in [-0.3, -0.25) is 4.79 Å². The lowest BCUT2D eigenvalue weighted by Crippen LogP contribution is -2.46. The molecule has 0 aliphatic carbocycles. The second-order valence-electron chi connectivity index (χ2n) is 6.31. The van der Waals surface area contributed by atoms with Gasteiger partial charge in [-0.25, -0.2) is 4.68 Å². The Hall–Kier alpha value is -2.14. The van der Waals surface area contributed by atoms with Crippen LogP contribution in [0.3, 0.4) is 0 Å². The van der Waals surface area contributed by atoms with Crippen molar-refractivity contribution < 1.29 is 9.90 Å². The van der Waals surface area contributed by atoms with Gasteiger partial charge in [-0.15, -0.1) is 0 Å². The fraction of sp³-hybridized carbons (Fsp3) is 0.444. The minimum Gasteiger partial charge on any atom is -0.396 e. The third kappa shape index (κ3) is 3.62. The van der Waals surface area contributed by atoms with Gasteiger partial charge in [-0.1, -0.05) is 12.1 Å². The number of amides is 1. The van der Waals surface area contributed by atoms with Gasteiger partial charge in [-0.2, -0.15) is 5.10 Å². The van der Waals surface area contributed by atoms with E-state index in [9.17, 15) is 9.90 Å². The Kier molecular flexibility index (Phi) is 4.76. The Bertz CT molecular complexity index is 637. The molecule has 1 amide bonds. The summed E-state index contributed by atoms with van der Waals surface area (Å²) in [5.74, 6) is 0.361. The van der Waals surface area contributed by atoms with Crippen molar-refractivity contribution in [2.24, 2.45) is 5.92 Å². The number of hydrogen-bond acceptors (Lipinski definition) is 3. The summed E-state index contributed by atoms with van der Waals surface area (Å²) in [6.45, 7) is 2.92. The Balaban J connectivity index is 1.65. The van der Waals surface area contributed by atoms with Gasteiger partial charge in [0.2, 0.25) is 5.91 Å². The Morgan fingerprint density at radius 2 is 2.09 bits per heavy atom. The zero-order valence-corrected chi connectivity index (χ0v) is 13.4. The molecule has 1 aromatic carbocycles. The van der Waals surface area contributed by atoms with Crippen LogP contribution >= 0.6 is 0 Å². The zero-order valence-electron chi connectivity index (χ0n) is 13.4. The molecule has 1 saturated heterocycles. The maximum absolute atomic E-state index is 12.6. The highest BCUT2D eigenvalue weighted by Crippen LogP contribution is 2.22. The van der Waals surface area contributed by atoms with Crippen LogP contribution in [0.1, 0.15) is 25.3 Å². The van der Waals surface area contributed by atoms with Gasteiger partial charge >= 0.3 is 0 Å². The molecule has 1 aromatic heterocycles. The fourth-order valence-corrected chi connectivity index (χ4v) is 3.14. The first-order valence-electron chi connectivity index (χ1n) is 8.16. The van der Waals surface area contributed by atoms with Crippen LogP contribution in [0.4, 0.5) is 0 Å². The van der Waals surface area contributed by atoms with Crippen LogP contribution in [0.5, 0.6) is 0 Å². The van der Waals surface area contributed by atoms with Gasteiger partial charge < -0.3 is 10.0 Å². The molecular weight excluding hydrogens is 290 g/mol. The first-order valence-corrected chi connectivity index (χ1v) is 8.16. The molecule has 0 bridgehead atoms. The standard InChI is InChI=1S/C18H23N3O2/c1-14-3-4-16(13-22)12-20(14)18(23)11-15-5-7-17(8-6-15)21-10-2-9-19-21/h2,5-10,14,16,22H,3-4,11-13H2,1H3. The highest BCUT2D eigenvalue weighted by atomic mass is 16.3. The molecule has 0 saturated carbocycles. The van der Waals surface area contributed by atoms with E-state index >= 15 is 0 Å². The summed E-state index contributed by atoms with van der Waals surface area (Å²) >= 11 is 0. The number of aliphatic hydroxyl groups excluding tert-OH is 1. The number of rotatable bonds is 4. The Morgan fingerprint density at radius 1 is 1.30 bits per heavy atom. The van der Waals surface area contributed by atoms with Crippen LogP contribution in [0.2, 0.25) is 0 Å². The van der Waals surface area contributed by atoms with E-state index in [1.807, 2.05) is 41.4 Å². The van der Waals surface area contributed by atoms with Crippen molar-refractivity contribution in [2.75, 3.05) is 13.2 Å². The van der Waals surface area contributed by atoms with Crippen LogP contribution in [0.15, 0.2) is 42.7 Å². The molecule has 2 aromatic rings. The van der Waals surface area contributed by atoms with E-state index in [0.29, 0.717) is 13.0 Å². The molecule has 2 atom stereocenters. The van der Waals surface area contributed by atoms with Crippen molar-refractivity contribution in [3.63, 3.8) is 0 Å². The molecule has 23 heavy (non-hydrogen) atoms. The second-order valence-corrected chi connectivity index (χ2v) is 6.31. The van der Waals surface area contributed by atoms with E-state index in [0.717, 1.165) is 24.1 Å². The molecule has 1 aliphatic heterocycles. The van der Waals surface area contributed by atoms with Crippen LogP contribution < -0.4 is 0 Å². The number of piperidine rings is 1. The normalized spacial score (nSPS) is 21.4. The van der Waals surface area contributed by atoms with E-state index in [1.54, 1.807) is 10.9 Å². The predicted octanol–water partition coefficient (Wildman–Crippen LogP) is 2.03. The lowest BCUT2D eigenvalue weighted by atomic mass is 9.93. The van der Waals surface area contributed by atoms with Crippen LogP contribution in [-0.4, -0.2) is 44.9 Å². The number of aliphatic hydroxyl groups is 1. The summed E-state index contributed by atoms with van der Waals surface area (Å²) in [5.41, 5.74) is 1.99. The lowest BCUT2D eigenvalue weighted by Gasteiger charge is -2.37. The first-order chi connectivity index (χ1) is 11.2. The number of hydrogen-bond donors (Lipinski definition) is 1. The summed E-state index contributed by atoms with van der Waals surface area (Å²) in [4.78, 5) is 14.5. The minimum atomic E-state index is 0.141. The molecule has 0 radical (unpaired) electrons. The summed E-state index contributed by atoms with van der Waals surface area (Å²) < 4.78 is 1.80. The molecule has 2 heterocycles. The molecule has 1 fully saturated rings. The van der Waals surface area contributed by atoms with Crippen molar-refractivity contribution >= 4 is 5.91 Å². The fourth-order valence-electron chi connectivity index (χ4n) is 3.14. The lowest BCUT2D eigenvalue weighted by molar-refractivity contribution is -0.135. The van der Waals surface area contributed by atoms with Crippen molar-refractivity contribution in [1.29, 1.82) is 0 Å². The van der Waals surface area contributed by atoms with E-state index in [-0.39, 0.29) is 24.5 Å². The summed E-state index contributed by atoms with van der Waals surface area (Å²) in [6, 6.07) is 10.1. The summed E-state index contributed by atoms with van der Waals surface area (Å²) in [7, 11) is 0. The van der Waals surface area contributed by atoms with Crippen LogP contribution in [0, 0.1) is 5.92 Å². The maximum atomic E-state index is 12.6. The van der Waals surface area contributed by atoms with Gasteiger partial charge in [0.25, 0.3) is 0 Å². The number of carbonyl (C=O) groups excluding carboxylic acids is 1. The maximum Gasteiger partial charge on any atom is 0.227 e. The molecule has 2 unspecified atom stereocenters. The molecule has 0 spiro atoms. The van der Waals surface area contributed by atoms with Gasteiger partial charge in [0.1, 0.15) is 0 Å². The number of aromatic nitrogens is 2. The second kappa shape index (κ2) is 6.96. The first kappa shape index (κ1) is 15.7. The summed E-state index contributed by atoms with van der Waals surface area (Å²) in [6.07, 6.45) is 6.01. The van der Waals surface area contributed by atoms with E-state index in [4.69, 9.17) is 0 Å². The quantitative estimate of drug-likeness (QED) is 0.939. The molecule has 5 nitrogen and oxygen atoms in total. The largest absolute Gasteiger partial charge is 0.396 e. The zero-order chi connectivity index (χ0) is 16.2. The summed E-state index contributed by atoms with van der Waals surface area (Å²) in [5, 5.41) is 13.5. The number of nitrogens with zero attached hydrogens (tertiary/aromatic N) is 3. The number of benzene rings is 1. The highest BCUT2D eigenvalue weighted by Gasteiger charge is 2.28. The Morgan fingerprint density at radius 3 is 2.74 bits per heavy atom. The molecule has 122 valence electrons. The van der Waals surface area contributed by atoms with Crippen molar-refractivity contribution in [3.05, 3.63) is 48.3 Å². The number of likely N-dealkylation sites (tertiary alicyclic amines) is 1. The molecule has 1 aliphatic rings. The van der Waals surface area contributed by atoms with Crippen molar-refractivity contribution in [3.8, 4) is 5.69 Å². The predicted molar refractivity (Wildman–Crippen MR) is 88.3 cm³/mol. The van der Waals surface area contributed by atoms with Gasteiger partial charge in [-0.05, 0) is 49.4 Å². The third-order valence-corrected chi connectivity index (χ3v) is 4.62. The monoisotopic (exact) mass is 313 g/mol. The van der Waals surface area contributed by atoms with E-state index in [2.05, 4.69) is 12.0 Å². The highest BCUT2D eigenvalue weighted by molar-refractivity contribution is 5.79. The smallest absolute Gasteiger partial charge is 0.227 e. The third-order valence-electron chi connectivity index (χ3n) is 4.62. The van der Waals surface area contributed by atoms with Gasteiger partial charge in [0, 0.05) is 31.6 Å². The Labute approximate surface area is 136 Å². The topological polar surface area (TPSA) is 58.4 Å². The van der Waals surface area contributed by atoms with Crippen molar-refractivity contribution in [1.82, 2.24) is 14.7 Å². The number of carbonyl (C=O) groups is 1. The van der Waals surface area contributed by atoms with Crippen molar-refractivity contribution in [2.45, 2.75) is 32.2 Å². The van der Waals surface area contributed by atoms with E-state index in [1.165, 1.54) is 0 Å². The van der Waals surface area contributed by atoms with Gasteiger partial charge in [0.05, 0.1) is 12.1 Å². The van der Waals surface area contributed by atoms with E-state index < -0.39 is 0 Å². The van der Waals surface area contributed by atoms with Crippen LogP contribution in [-0.2, 0) is 11.2 Å². The SMILES string of the molecule is CC1CCC(CO)CN1C(=O)Cc1ccc(-n2cccn2)cc1. The van der Waals surface area contributed by atoms with Crippen LogP contribution in [0.25, 0.3) is 5.69 Å². The average molecular weight is 313 g/mol. The molecule has 5 heteroatoms. The molecular formula is C18H23N3O2. The van der Waals surface area contributed by atoms with Gasteiger partial charge in [0.15, 0.2) is 0 Å². The average Bonchev–Trinajstić information content (AvgIpc) is 3.10. The molecule has 1 N–H and O–H groups in total. The molecule has 3 rings (SSSR count). The minimum absolute atomic E-state index is 0.141.